The molecule has 1 heterocycles. The summed E-state index contributed by atoms with van der Waals surface area (Å²) in [5.74, 6) is 1.89. The maximum absolute atomic E-state index is 12.5. The molecule has 0 atom stereocenters. The van der Waals surface area contributed by atoms with Crippen LogP contribution in [0, 0.1) is 6.92 Å². The zero-order chi connectivity index (χ0) is 23.1. The lowest BCUT2D eigenvalue weighted by Crippen LogP contribution is -2.27. The molecule has 0 fully saturated rings. The normalized spacial score (nSPS) is 12.2. The lowest BCUT2D eigenvalue weighted by Gasteiger charge is -2.21. The molecule has 0 unspecified atom stereocenters. The zero-order valence-electron chi connectivity index (χ0n) is 17.2. The smallest absolute Gasteiger partial charge is 0.251 e. The molecule has 0 saturated heterocycles. The van der Waals surface area contributed by atoms with Gasteiger partial charge < -0.3 is 24.3 Å². The van der Waals surface area contributed by atoms with Gasteiger partial charge in [0.2, 0.25) is 0 Å². The standard InChI is InChI=1S/C22H21Cl4NO5/c1-13-15(3-4-18-20(13)32-10-9-30-18)22(28)27-6-2-7-31-21-16(23)11-14(12-17(21)24)29-8-5-19(25)26/h3-5,11-12H,2,6-10H2,1H3,(H,27,28). The molecule has 1 amide bonds. The van der Waals surface area contributed by atoms with Crippen molar-refractivity contribution in [3.63, 3.8) is 0 Å². The van der Waals surface area contributed by atoms with Gasteiger partial charge in [0, 0.05) is 29.8 Å². The van der Waals surface area contributed by atoms with E-state index in [4.69, 9.17) is 65.4 Å². The van der Waals surface area contributed by atoms with Gasteiger partial charge in [0.1, 0.15) is 30.1 Å². The molecule has 1 aliphatic heterocycles. The van der Waals surface area contributed by atoms with Crippen molar-refractivity contribution in [3.05, 3.63) is 56.0 Å². The quantitative estimate of drug-likeness (QED) is 0.412. The molecule has 0 saturated carbocycles. The number of rotatable bonds is 9. The van der Waals surface area contributed by atoms with Crippen molar-refractivity contribution in [1.29, 1.82) is 0 Å². The third-order valence-corrected chi connectivity index (χ3v) is 5.38. The van der Waals surface area contributed by atoms with Crippen LogP contribution in [0.2, 0.25) is 10.0 Å². The number of ether oxygens (including phenoxy) is 4. The average Bonchev–Trinajstić information content (AvgIpc) is 2.75. The summed E-state index contributed by atoms with van der Waals surface area (Å²) in [6.45, 7) is 3.70. The van der Waals surface area contributed by atoms with Crippen molar-refractivity contribution in [2.24, 2.45) is 0 Å². The molecular formula is C22H21Cl4NO5. The van der Waals surface area contributed by atoms with E-state index in [2.05, 4.69) is 5.32 Å². The zero-order valence-corrected chi connectivity index (χ0v) is 20.2. The molecule has 0 spiro atoms. The summed E-state index contributed by atoms with van der Waals surface area (Å²) in [4.78, 5) is 12.5. The molecule has 6 nitrogen and oxygen atoms in total. The molecule has 0 radical (unpaired) electrons. The van der Waals surface area contributed by atoms with Crippen LogP contribution in [0.25, 0.3) is 0 Å². The Morgan fingerprint density at radius 3 is 2.56 bits per heavy atom. The highest BCUT2D eigenvalue weighted by Gasteiger charge is 2.19. The molecule has 1 N–H and O–H groups in total. The average molecular weight is 521 g/mol. The topological polar surface area (TPSA) is 66.0 Å². The Morgan fingerprint density at radius 1 is 1.12 bits per heavy atom. The van der Waals surface area contributed by atoms with E-state index in [-0.39, 0.29) is 17.0 Å². The number of hydrogen-bond acceptors (Lipinski definition) is 5. The molecule has 172 valence electrons. The second kappa shape index (κ2) is 11.8. The molecule has 0 aromatic heterocycles. The fourth-order valence-electron chi connectivity index (χ4n) is 3.00. The first-order valence-electron chi connectivity index (χ1n) is 9.80. The van der Waals surface area contributed by atoms with Crippen molar-refractivity contribution in [3.8, 4) is 23.0 Å². The van der Waals surface area contributed by atoms with Gasteiger partial charge in [-0.3, -0.25) is 4.79 Å². The first-order chi connectivity index (χ1) is 15.4. The summed E-state index contributed by atoms with van der Waals surface area (Å²) in [5, 5.41) is 3.49. The number of nitrogens with one attached hydrogen (secondary N) is 1. The molecule has 10 heteroatoms. The minimum atomic E-state index is -0.192. The summed E-state index contributed by atoms with van der Waals surface area (Å²) in [5.41, 5.74) is 1.29. The van der Waals surface area contributed by atoms with Gasteiger partial charge in [0.15, 0.2) is 17.2 Å². The SMILES string of the molecule is Cc1c(C(=O)NCCCOc2c(Cl)cc(OCC=C(Cl)Cl)cc2Cl)ccc2c1OCCO2. The third-order valence-electron chi connectivity index (χ3n) is 4.51. The monoisotopic (exact) mass is 519 g/mol. The number of fused-ring (bicyclic) bond motifs is 1. The second-order valence-electron chi connectivity index (χ2n) is 6.74. The van der Waals surface area contributed by atoms with Crippen molar-refractivity contribution < 1.29 is 23.7 Å². The van der Waals surface area contributed by atoms with Crippen molar-refractivity contribution >= 4 is 52.3 Å². The van der Waals surface area contributed by atoms with E-state index < -0.39 is 0 Å². The number of carbonyl (C=O) groups is 1. The van der Waals surface area contributed by atoms with E-state index in [1.165, 1.54) is 6.08 Å². The summed E-state index contributed by atoms with van der Waals surface area (Å²) < 4.78 is 22.4. The highest BCUT2D eigenvalue weighted by Crippen LogP contribution is 2.37. The van der Waals surface area contributed by atoms with Crippen LogP contribution in [0.4, 0.5) is 0 Å². The predicted molar refractivity (Wildman–Crippen MR) is 126 cm³/mol. The van der Waals surface area contributed by atoms with Gasteiger partial charge in [-0.05, 0) is 31.6 Å². The van der Waals surface area contributed by atoms with Gasteiger partial charge in [0.25, 0.3) is 5.91 Å². The highest BCUT2D eigenvalue weighted by atomic mass is 35.5. The number of carbonyl (C=O) groups excluding carboxylic acids is 1. The van der Waals surface area contributed by atoms with Crippen LogP contribution in [0.1, 0.15) is 22.3 Å². The fourth-order valence-corrected chi connectivity index (χ4v) is 3.71. The van der Waals surface area contributed by atoms with Crippen LogP contribution in [0.15, 0.2) is 34.8 Å². The second-order valence-corrected chi connectivity index (χ2v) is 8.56. The van der Waals surface area contributed by atoms with E-state index in [1.807, 2.05) is 6.92 Å². The van der Waals surface area contributed by atoms with Gasteiger partial charge in [-0.2, -0.15) is 0 Å². The molecule has 3 rings (SSSR count). The maximum Gasteiger partial charge on any atom is 0.251 e. The Hall–Kier alpha value is -1.99. The van der Waals surface area contributed by atoms with Crippen LogP contribution < -0.4 is 24.3 Å². The Kier molecular flexibility index (Phi) is 9.05. The van der Waals surface area contributed by atoms with Crippen molar-refractivity contribution in [2.45, 2.75) is 13.3 Å². The number of benzene rings is 2. The summed E-state index contributed by atoms with van der Waals surface area (Å²) in [6, 6.07) is 6.66. The van der Waals surface area contributed by atoms with E-state index >= 15 is 0 Å². The fraction of sp³-hybridized carbons (Fsp3) is 0.318. The molecule has 32 heavy (non-hydrogen) atoms. The van der Waals surface area contributed by atoms with Crippen molar-refractivity contribution in [2.75, 3.05) is 33.0 Å². The Balaban J connectivity index is 1.47. The van der Waals surface area contributed by atoms with Gasteiger partial charge >= 0.3 is 0 Å². The molecule has 0 aliphatic carbocycles. The number of hydrogen-bond donors (Lipinski definition) is 1. The lowest BCUT2D eigenvalue weighted by atomic mass is 10.1. The first-order valence-corrected chi connectivity index (χ1v) is 11.3. The number of halogens is 4. The van der Waals surface area contributed by atoms with Gasteiger partial charge in [-0.25, -0.2) is 0 Å². The maximum atomic E-state index is 12.5. The van der Waals surface area contributed by atoms with E-state index in [1.54, 1.807) is 24.3 Å². The highest BCUT2D eigenvalue weighted by molar-refractivity contribution is 6.55. The molecule has 0 bridgehead atoms. The summed E-state index contributed by atoms with van der Waals surface area (Å²) >= 11 is 23.6. The van der Waals surface area contributed by atoms with Gasteiger partial charge in [-0.15, -0.1) is 0 Å². The predicted octanol–water partition coefficient (Wildman–Crippen LogP) is 5.97. The van der Waals surface area contributed by atoms with Crippen LogP contribution in [0.5, 0.6) is 23.0 Å². The van der Waals surface area contributed by atoms with Crippen LogP contribution in [0.3, 0.4) is 0 Å². The minimum Gasteiger partial charge on any atom is -0.490 e. The van der Waals surface area contributed by atoms with Gasteiger partial charge in [-0.1, -0.05) is 46.4 Å². The van der Waals surface area contributed by atoms with Crippen LogP contribution in [-0.4, -0.2) is 38.9 Å². The summed E-state index contributed by atoms with van der Waals surface area (Å²) in [7, 11) is 0. The molecule has 2 aromatic carbocycles. The molecular weight excluding hydrogens is 500 g/mol. The Labute approximate surface area is 206 Å². The van der Waals surface area contributed by atoms with E-state index in [0.717, 1.165) is 5.56 Å². The first kappa shape index (κ1) is 24.6. The molecule has 2 aromatic rings. The minimum absolute atomic E-state index is 0.110. The van der Waals surface area contributed by atoms with E-state index in [9.17, 15) is 4.79 Å². The van der Waals surface area contributed by atoms with Gasteiger partial charge in [0.05, 0.1) is 16.7 Å². The van der Waals surface area contributed by atoms with Crippen LogP contribution in [-0.2, 0) is 0 Å². The summed E-state index contributed by atoms with van der Waals surface area (Å²) in [6.07, 6.45) is 2.05. The number of amides is 1. The third kappa shape index (κ3) is 6.51. The largest absolute Gasteiger partial charge is 0.490 e. The van der Waals surface area contributed by atoms with Crippen molar-refractivity contribution in [1.82, 2.24) is 5.32 Å². The lowest BCUT2D eigenvalue weighted by molar-refractivity contribution is 0.0949. The molecule has 1 aliphatic rings. The van der Waals surface area contributed by atoms with E-state index in [0.29, 0.717) is 71.4 Å². The van der Waals surface area contributed by atoms with Crippen LogP contribution >= 0.6 is 46.4 Å². The Morgan fingerprint density at radius 2 is 1.84 bits per heavy atom. The Bertz CT molecular complexity index is 985.